The zero-order valence-corrected chi connectivity index (χ0v) is 14.5. The first-order valence-corrected chi connectivity index (χ1v) is 8.58. The third kappa shape index (κ3) is 3.70. The van der Waals surface area contributed by atoms with Gasteiger partial charge in [-0.3, -0.25) is 9.69 Å². The predicted octanol–water partition coefficient (Wildman–Crippen LogP) is 4.00. The van der Waals surface area contributed by atoms with E-state index in [1.165, 1.54) is 19.2 Å². The Bertz CT molecular complexity index is 796. The summed E-state index contributed by atoms with van der Waals surface area (Å²) in [4.78, 5) is 13.6. The molecular weight excluding hydrogens is 340 g/mol. The van der Waals surface area contributed by atoms with Crippen molar-refractivity contribution < 1.29 is 23.4 Å². The molecule has 3 rings (SSSR count). The molecule has 2 aromatic rings. The highest BCUT2D eigenvalue weighted by molar-refractivity contribution is 5.73. The normalized spacial score (nSPS) is 19.1. The van der Waals surface area contributed by atoms with Crippen LogP contribution in [-0.4, -0.2) is 35.7 Å². The van der Waals surface area contributed by atoms with Gasteiger partial charge in [0, 0.05) is 11.6 Å². The van der Waals surface area contributed by atoms with Gasteiger partial charge in [-0.25, -0.2) is 8.78 Å². The van der Waals surface area contributed by atoms with Crippen LogP contribution in [0.2, 0.25) is 0 Å². The van der Waals surface area contributed by atoms with Gasteiger partial charge in [-0.2, -0.15) is 0 Å². The van der Waals surface area contributed by atoms with E-state index in [4.69, 9.17) is 4.74 Å². The molecule has 0 aliphatic carbocycles. The molecular formula is C20H21F2NO3. The molecule has 1 heterocycles. The van der Waals surface area contributed by atoms with E-state index >= 15 is 0 Å². The molecule has 2 unspecified atom stereocenters. The summed E-state index contributed by atoms with van der Waals surface area (Å²) in [6.07, 6.45) is 2.13. The standard InChI is InChI=1S/C20H21F2NO3/c1-26-15-6-4-5-13(11-15)19(16-9-8-14(21)12-17(16)22)23-10-3-2-7-18(23)20(24)25/h4-6,8-9,11-12,18-19H,2-3,7,10H2,1H3,(H,24,25). The first-order chi connectivity index (χ1) is 12.5. The summed E-state index contributed by atoms with van der Waals surface area (Å²) in [5.41, 5.74) is 0.968. The second kappa shape index (κ2) is 7.83. The largest absolute Gasteiger partial charge is 0.497 e. The first kappa shape index (κ1) is 18.3. The zero-order chi connectivity index (χ0) is 18.7. The monoisotopic (exact) mass is 361 g/mol. The van der Waals surface area contributed by atoms with Crippen LogP contribution in [0, 0.1) is 11.6 Å². The fourth-order valence-electron chi connectivity index (χ4n) is 3.61. The summed E-state index contributed by atoms with van der Waals surface area (Å²) in [5.74, 6) is -1.68. The Kier molecular flexibility index (Phi) is 5.52. The first-order valence-electron chi connectivity index (χ1n) is 8.58. The van der Waals surface area contributed by atoms with Gasteiger partial charge in [0.2, 0.25) is 0 Å². The molecule has 2 atom stereocenters. The van der Waals surface area contributed by atoms with Crippen LogP contribution in [0.3, 0.4) is 0 Å². The fourth-order valence-corrected chi connectivity index (χ4v) is 3.61. The maximum Gasteiger partial charge on any atom is 0.320 e. The van der Waals surface area contributed by atoms with E-state index in [1.807, 2.05) is 6.07 Å². The zero-order valence-electron chi connectivity index (χ0n) is 14.5. The lowest BCUT2D eigenvalue weighted by molar-refractivity contribution is -0.145. The highest BCUT2D eigenvalue weighted by atomic mass is 19.1. The van der Waals surface area contributed by atoms with Crippen LogP contribution in [0.4, 0.5) is 8.78 Å². The number of nitrogens with zero attached hydrogens (tertiary/aromatic N) is 1. The van der Waals surface area contributed by atoms with E-state index in [0.29, 0.717) is 24.3 Å². The molecule has 0 spiro atoms. The number of methoxy groups -OCH3 is 1. The minimum absolute atomic E-state index is 0.257. The van der Waals surface area contributed by atoms with Crippen LogP contribution < -0.4 is 4.74 Å². The molecule has 4 nitrogen and oxygen atoms in total. The lowest BCUT2D eigenvalue weighted by Crippen LogP contribution is -2.47. The second-order valence-electron chi connectivity index (χ2n) is 6.43. The summed E-state index contributed by atoms with van der Waals surface area (Å²) in [5, 5.41) is 9.65. The van der Waals surface area contributed by atoms with Crippen molar-refractivity contribution in [1.82, 2.24) is 4.90 Å². The van der Waals surface area contributed by atoms with Crippen LogP contribution in [0.5, 0.6) is 5.75 Å². The van der Waals surface area contributed by atoms with E-state index in [0.717, 1.165) is 18.9 Å². The number of benzene rings is 2. The lowest BCUT2D eigenvalue weighted by Gasteiger charge is -2.39. The number of hydrogen-bond donors (Lipinski definition) is 1. The Morgan fingerprint density at radius 2 is 2.04 bits per heavy atom. The Labute approximate surface area is 151 Å². The lowest BCUT2D eigenvalue weighted by atomic mass is 9.91. The van der Waals surface area contributed by atoms with Gasteiger partial charge >= 0.3 is 5.97 Å². The number of ether oxygens (including phenoxy) is 1. The molecule has 0 amide bonds. The van der Waals surface area contributed by atoms with Crippen molar-refractivity contribution in [1.29, 1.82) is 0 Å². The third-order valence-corrected chi connectivity index (χ3v) is 4.83. The topological polar surface area (TPSA) is 49.8 Å². The van der Waals surface area contributed by atoms with Gasteiger partial charge in [0.15, 0.2) is 0 Å². The van der Waals surface area contributed by atoms with Crippen LogP contribution in [0.1, 0.15) is 36.4 Å². The van der Waals surface area contributed by atoms with E-state index in [1.54, 1.807) is 23.1 Å². The van der Waals surface area contributed by atoms with Gasteiger partial charge in [-0.05, 0) is 43.1 Å². The maximum atomic E-state index is 14.6. The number of likely N-dealkylation sites (tertiary alicyclic amines) is 1. The van der Waals surface area contributed by atoms with E-state index in [2.05, 4.69) is 0 Å². The average molecular weight is 361 g/mol. The smallest absolute Gasteiger partial charge is 0.320 e. The number of carbonyl (C=O) groups is 1. The van der Waals surface area contributed by atoms with Crippen molar-refractivity contribution in [2.45, 2.75) is 31.3 Å². The third-order valence-electron chi connectivity index (χ3n) is 4.83. The van der Waals surface area contributed by atoms with E-state index in [-0.39, 0.29) is 5.56 Å². The van der Waals surface area contributed by atoms with Gasteiger partial charge in [-0.1, -0.05) is 24.6 Å². The van der Waals surface area contributed by atoms with Crippen molar-refractivity contribution in [3.05, 3.63) is 65.2 Å². The van der Waals surface area contributed by atoms with Crippen LogP contribution in [0.25, 0.3) is 0 Å². The Hall–Kier alpha value is -2.47. The maximum absolute atomic E-state index is 14.6. The summed E-state index contributed by atoms with van der Waals surface area (Å²) in [6.45, 7) is 0.523. The van der Waals surface area contributed by atoms with Crippen molar-refractivity contribution >= 4 is 5.97 Å². The molecule has 1 saturated heterocycles. The van der Waals surface area contributed by atoms with Gasteiger partial charge < -0.3 is 9.84 Å². The number of hydrogen-bond acceptors (Lipinski definition) is 3. The predicted molar refractivity (Wildman–Crippen MR) is 93.2 cm³/mol. The molecule has 0 aromatic heterocycles. The van der Waals surface area contributed by atoms with Crippen LogP contribution in [-0.2, 0) is 4.79 Å². The Balaban J connectivity index is 2.13. The van der Waals surface area contributed by atoms with E-state index < -0.39 is 29.7 Å². The molecule has 26 heavy (non-hydrogen) atoms. The minimum atomic E-state index is -0.930. The average Bonchev–Trinajstić information content (AvgIpc) is 2.64. The highest BCUT2D eigenvalue weighted by Gasteiger charge is 2.36. The second-order valence-corrected chi connectivity index (χ2v) is 6.43. The Morgan fingerprint density at radius 1 is 1.23 bits per heavy atom. The number of carboxylic acid groups (broad SMARTS) is 1. The molecule has 1 N–H and O–H groups in total. The minimum Gasteiger partial charge on any atom is -0.497 e. The molecule has 0 saturated carbocycles. The van der Waals surface area contributed by atoms with Crippen LogP contribution >= 0.6 is 0 Å². The van der Waals surface area contributed by atoms with E-state index in [9.17, 15) is 18.7 Å². The van der Waals surface area contributed by atoms with Crippen molar-refractivity contribution in [3.63, 3.8) is 0 Å². The molecule has 1 aliphatic heterocycles. The van der Waals surface area contributed by atoms with Gasteiger partial charge in [0.1, 0.15) is 23.4 Å². The van der Waals surface area contributed by atoms with Crippen LogP contribution in [0.15, 0.2) is 42.5 Å². The SMILES string of the molecule is COc1cccc(C(c2ccc(F)cc2F)N2CCCCC2C(=O)O)c1. The number of carboxylic acids is 1. The molecule has 6 heteroatoms. The summed E-state index contributed by atoms with van der Waals surface area (Å²) in [6, 6.07) is 9.20. The number of piperidine rings is 1. The van der Waals surface area contributed by atoms with Crippen molar-refractivity contribution in [2.75, 3.05) is 13.7 Å². The molecule has 138 valence electrons. The van der Waals surface area contributed by atoms with Gasteiger partial charge in [0.25, 0.3) is 0 Å². The molecule has 0 bridgehead atoms. The number of aliphatic carboxylic acids is 1. The summed E-state index contributed by atoms with van der Waals surface area (Å²) >= 11 is 0. The molecule has 1 aliphatic rings. The molecule has 1 fully saturated rings. The number of rotatable bonds is 5. The summed E-state index contributed by atoms with van der Waals surface area (Å²) in [7, 11) is 1.54. The van der Waals surface area contributed by atoms with Crippen molar-refractivity contribution in [2.24, 2.45) is 0 Å². The van der Waals surface area contributed by atoms with Gasteiger partial charge in [0.05, 0.1) is 13.2 Å². The quantitative estimate of drug-likeness (QED) is 0.875. The molecule has 2 aromatic carbocycles. The fraction of sp³-hybridized carbons (Fsp3) is 0.350. The number of halogens is 2. The Morgan fingerprint density at radius 3 is 2.73 bits per heavy atom. The van der Waals surface area contributed by atoms with Crippen molar-refractivity contribution in [3.8, 4) is 5.75 Å². The summed E-state index contributed by atoms with van der Waals surface area (Å²) < 4.78 is 33.3. The highest BCUT2D eigenvalue weighted by Crippen LogP contribution is 2.36. The molecule has 0 radical (unpaired) electrons. The van der Waals surface area contributed by atoms with Gasteiger partial charge in [-0.15, -0.1) is 0 Å².